The summed E-state index contributed by atoms with van der Waals surface area (Å²) in [5.41, 5.74) is 4.89. The molecule has 5 nitrogen and oxygen atoms in total. The summed E-state index contributed by atoms with van der Waals surface area (Å²) in [6, 6.07) is 7.73. The molecule has 0 aliphatic heterocycles. The third-order valence-electron chi connectivity index (χ3n) is 3.24. The number of ether oxygens (including phenoxy) is 1. The van der Waals surface area contributed by atoms with E-state index in [1.165, 1.54) is 0 Å². The van der Waals surface area contributed by atoms with Crippen molar-refractivity contribution in [2.45, 2.75) is 32.9 Å². The van der Waals surface area contributed by atoms with Crippen LogP contribution in [0.1, 0.15) is 37.6 Å². The summed E-state index contributed by atoms with van der Waals surface area (Å²) in [6.07, 6.45) is 2.81. The molecule has 0 aliphatic carbocycles. The molecule has 114 valence electrons. The lowest BCUT2D eigenvalue weighted by Gasteiger charge is -2.21. The van der Waals surface area contributed by atoms with Crippen molar-refractivity contribution in [2.75, 3.05) is 6.61 Å². The Morgan fingerprint density at radius 1 is 1.38 bits per heavy atom. The number of aryl methyl sites for hydroxylation is 1. The number of hydrogen-bond donors (Lipinski definition) is 2. The van der Waals surface area contributed by atoms with Crippen molar-refractivity contribution in [3.63, 3.8) is 0 Å². The first kappa shape index (κ1) is 16.0. The fraction of sp³-hybridized carbons (Fsp3) is 0.400. The molecule has 0 amide bonds. The predicted molar refractivity (Wildman–Crippen MR) is 87.0 cm³/mol. The van der Waals surface area contributed by atoms with Gasteiger partial charge < -0.3 is 4.74 Å². The SMILES string of the molecule is CCCn1ncc(Br)c1C(NN)c1ccccc1OCC. The molecule has 1 aromatic heterocycles. The van der Waals surface area contributed by atoms with Crippen LogP contribution in [0.2, 0.25) is 0 Å². The number of nitrogens with zero attached hydrogens (tertiary/aromatic N) is 2. The number of halogens is 1. The first-order valence-electron chi connectivity index (χ1n) is 7.11. The van der Waals surface area contributed by atoms with E-state index in [0.29, 0.717) is 6.61 Å². The summed E-state index contributed by atoms with van der Waals surface area (Å²) in [7, 11) is 0. The van der Waals surface area contributed by atoms with Crippen molar-refractivity contribution in [2.24, 2.45) is 5.84 Å². The Kier molecular flexibility index (Phi) is 5.78. The maximum atomic E-state index is 5.83. The minimum absolute atomic E-state index is 0.184. The normalized spacial score (nSPS) is 12.4. The van der Waals surface area contributed by atoms with Gasteiger partial charge in [-0.1, -0.05) is 25.1 Å². The second kappa shape index (κ2) is 7.59. The molecule has 1 heterocycles. The van der Waals surface area contributed by atoms with Crippen LogP contribution in [-0.4, -0.2) is 16.4 Å². The van der Waals surface area contributed by atoms with Crippen molar-refractivity contribution in [1.82, 2.24) is 15.2 Å². The molecule has 1 aromatic carbocycles. The number of aromatic nitrogens is 2. The van der Waals surface area contributed by atoms with Gasteiger partial charge in [-0.2, -0.15) is 5.10 Å². The fourth-order valence-electron chi connectivity index (χ4n) is 2.37. The Morgan fingerprint density at radius 3 is 2.81 bits per heavy atom. The number of nitrogens with two attached hydrogens (primary N) is 1. The second-order valence-corrected chi connectivity index (χ2v) is 5.53. The maximum absolute atomic E-state index is 5.83. The van der Waals surface area contributed by atoms with Gasteiger partial charge >= 0.3 is 0 Å². The largest absolute Gasteiger partial charge is 0.494 e. The highest BCUT2D eigenvalue weighted by Crippen LogP contribution is 2.33. The van der Waals surface area contributed by atoms with Crippen LogP contribution in [0.4, 0.5) is 0 Å². The molecule has 21 heavy (non-hydrogen) atoms. The van der Waals surface area contributed by atoms with E-state index in [9.17, 15) is 0 Å². The highest BCUT2D eigenvalue weighted by Gasteiger charge is 2.23. The Hall–Kier alpha value is -1.37. The molecule has 2 rings (SSSR count). The molecule has 1 atom stereocenters. The smallest absolute Gasteiger partial charge is 0.124 e. The molecule has 0 saturated carbocycles. The monoisotopic (exact) mass is 352 g/mol. The van der Waals surface area contributed by atoms with E-state index in [4.69, 9.17) is 10.6 Å². The second-order valence-electron chi connectivity index (χ2n) is 4.67. The van der Waals surface area contributed by atoms with Crippen LogP contribution in [0, 0.1) is 0 Å². The van der Waals surface area contributed by atoms with Crippen LogP contribution in [0.25, 0.3) is 0 Å². The summed E-state index contributed by atoms with van der Waals surface area (Å²) in [4.78, 5) is 0. The van der Waals surface area contributed by atoms with Gasteiger partial charge in [0.25, 0.3) is 0 Å². The zero-order valence-electron chi connectivity index (χ0n) is 12.3. The van der Waals surface area contributed by atoms with Crippen LogP contribution >= 0.6 is 15.9 Å². The van der Waals surface area contributed by atoms with Crippen LogP contribution in [-0.2, 0) is 6.54 Å². The first-order valence-corrected chi connectivity index (χ1v) is 7.91. The number of nitrogens with one attached hydrogen (secondary N) is 1. The van der Waals surface area contributed by atoms with Gasteiger partial charge in [0.15, 0.2) is 0 Å². The number of hydrazine groups is 1. The minimum Gasteiger partial charge on any atom is -0.494 e. The third-order valence-corrected chi connectivity index (χ3v) is 3.85. The minimum atomic E-state index is -0.184. The number of benzene rings is 1. The van der Waals surface area contributed by atoms with Gasteiger partial charge in [0.1, 0.15) is 5.75 Å². The van der Waals surface area contributed by atoms with E-state index in [0.717, 1.165) is 34.4 Å². The van der Waals surface area contributed by atoms with Crippen molar-refractivity contribution >= 4 is 15.9 Å². The van der Waals surface area contributed by atoms with Crippen molar-refractivity contribution in [1.29, 1.82) is 0 Å². The van der Waals surface area contributed by atoms with E-state index >= 15 is 0 Å². The maximum Gasteiger partial charge on any atom is 0.124 e. The number of rotatable bonds is 7. The average Bonchev–Trinajstić information content (AvgIpc) is 2.84. The Balaban J connectivity index is 2.47. The van der Waals surface area contributed by atoms with Crippen molar-refractivity contribution in [3.8, 4) is 5.75 Å². The molecular weight excluding hydrogens is 332 g/mol. The molecule has 0 fully saturated rings. The van der Waals surface area contributed by atoms with Gasteiger partial charge in [0, 0.05) is 12.1 Å². The number of hydrogen-bond acceptors (Lipinski definition) is 4. The summed E-state index contributed by atoms with van der Waals surface area (Å²) < 4.78 is 8.62. The molecule has 1 unspecified atom stereocenters. The topological polar surface area (TPSA) is 65.1 Å². The highest BCUT2D eigenvalue weighted by molar-refractivity contribution is 9.10. The Labute approximate surface area is 133 Å². The van der Waals surface area contributed by atoms with Gasteiger partial charge in [0.2, 0.25) is 0 Å². The van der Waals surface area contributed by atoms with Gasteiger partial charge in [0.05, 0.1) is 29.0 Å². The van der Waals surface area contributed by atoms with E-state index in [-0.39, 0.29) is 6.04 Å². The lowest BCUT2D eigenvalue weighted by molar-refractivity contribution is 0.332. The molecule has 0 aliphatic rings. The molecule has 0 saturated heterocycles. The summed E-state index contributed by atoms with van der Waals surface area (Å²) >= 11 is 3.57. The third kappa shape index (κ3) is 3.45. The molecule has 2 aromatic rings. The zero-order valence-corrected chi connectivity index (χ0v) is 13.9. The average molecular weight is 353 g/mol. The van der Waals surface area contributed by atoms with E-state index in [1.54, 1.807) is 6.20 Å². The fourth-order valence-corrected chi connectivity index (χ4v) is 2.90. The van der Waals surface area contributed by atoms with E-state index < -0.39 is 0 Å². The molecule has 3 N–H and O–H groups in total. The van der Waals surface area contributed by atoms with Crippen molar-refractivity contribution < 1.29 is 4.74 Å². The van der Waals surface area contributed by atoms with Crippen molar-refractivity contribution in [3.05, 3.63) is 46.2 Å². The standard InChI is InChI=1S/C15H21BrN4O/c1-3-9-20-15(12(16)10-18-20)14(19-17)11-7-5-6-8-13(11)21-4-2/h5-8,10,14,19H,3-4,9,17H2,1-2H3. The van der Waals surface area contributed by atoms with Crippen LogP contribution in [0.3, 0.4) is 0 Å². The first-order chi connectivity index (χ1) is 10.2. The lowest BCUT2D eigenvalue weighted by Crippen LogP contribution is -2.31. The quantitative estimate of drug-likeness (QED) is 0.593. The molecule has 0 radical (unpaired) electrons. The van der Waals surface area contributed by atoms with Gasteiger partial charge in [-0.25, -0.2) is 5.43 Å². The lowest BCUT2D eigenvalue weighted by atomic mass is 10.0. The molecule has 6 heteroatoms. The molecule has 0 spiro atoms. The summed E-state index contributed by atoms with van der Waals surface area (Å²) in [5, 5.41) is 4.41. The number of para-hydroxylation sites is 1. The van der Waals surface area contributed by atoms with E-state index in [2.05, 4.69) is 33.4 Å². The highest BCUT2D eigenvalue weighted by atomic mass is 79.9. The molecule has 0 bridgehead atoms. The van der Waals surface area contributed by atoms with Crippen LogP contribution in [0.5, 0.6) is 5.75 Å². The Bertz CT molecular complexity index is 585. The summed E-state index contributed by atoms with van der Waals surface area (Å²) in [5.74, 6) is 6.66. The van der Waals surface area contributed by atoms with Crippen LogP contribution in [0.15, 0.2) is 34.9 Å². The predicted octanol–water partition coefficient (Wildman–Crippen LogP) is 3.01. The van der Waals surface area contributed by atoms with Gasteiger partial charge in [-0.15, -0.1) is 0 Å². The van der Waals surface area contributed by atoms with Crippen LogP contribution < -0.4 is 16.0 Å². The van der Waals surface area contributed by atoms with Gasteiger partial charge in [-0.3, -0.25) is 10.5 Å². The zero-order chi connectivity index (χ0) is 15.2. The van der Waals surface area contributed by atoms with Gasteiger partial charge in [-0.05, 0) is 35.3 Å². The Morgan fingerprint density at radius 2 is 2.14 bits per heavy atom. The molecular formula is C15H21BrN4O. The van der Waals surface area contributed by atoms with E-state index in [1.807, 2.05) is 35.9 Å². The summed E-state index contributed by atoms with van der Waals surface area (Å²) in [6.45, 7) is 5.55.